The summed E-state index contributed by atoms with van der Waals surface area (Å²) in [6.07, 6.45) is 0. The zero-order chi connectivity index (χ0) is 16.1. The number of halogens is 3. The fraction of sp³-hybridized carbons (Fsp3) is 0.188. The highest BCUT2D eigenvalue weighted by Crippen LogP contribution is 2.13. The van der Waals surface area contributed by atoms with E-state index in [0.717, 1.165) is 9.64 Å². The third-order valence-corrected chi connectivity index (χ3v) is 3.72. The maximum absolute atomic E-state index is 13.6. The molecule has 2 aromatic carbocycles. The Morgan fingerprint density at radius 3 is 2.50 bits per heavy atom. The normalized spacial score (nSPS) is 10.8. The van der Waals surface area contributed by atoms with E-state index in [4.69, 9.17) is 0 Å². The van der Waals surface area contributed by atoms with Crippen LogP contribution in [0.4, 0.5) is 14.5 Å². The second kappa shape index (κ2) is 7.64. The Bertz CT molecular complexity index is 662. The van der Waals surface area contributed by atoms with Crippen molar-refractivity contribution >= 4 is 34.2 Å². The SMILES string of the molecule is CN(CC(=O)Nc1ccc(I)cc1)Cc1ccc(F)cc1F. The van der Waals surface area contributed by atoms with E-state index >= 15 is 0 Å². The molecule has 0 aliphatic heterocycles. The molecule has 2 aromatic rings. The Labute approximate surface area is 141 Å². The summed E-state index contributed by atoms with van der Waals surface area (Å²) in [6, 6.07) is 10.9. The van der Waals surface area contributed by atoms with Crippen LogP contribution < -0.4 is 5.32 Å². The molecule has 0 aliphatic carbocycles. The Morgan fingerprint density at radius 2 is 1.86 bits per heavy atom. The minimum Gasteiger partial charge on any atom is -0.325 e. The molecule has 0 saturated heterocycles. The number of carbonyl (C=O) groups is 1. The number of nitrogens with zero attached hydrogens (tertiary/aromatic N) is 1. The van der Waals surface area contributed by atoms with E-state index in [1.165, 1.54) is 12.1 Å². The van der Waals surface area contributed by atoms with E-state index in [-0.39, 0.29) is 19.0 Å². The minimum absolute atomic E-state index is 0.114. The molecule has 0 radical (unpaired) electrons. The summed E-state index contributed by atoms with van der Waals surface area (Å²) in [5.41, 5.74) is 1.07. The molecule has 1 N–H and O–H groups in total. The third-order valence-electron chi connectivity index (χ3n) is 3.00. The Hall–Kier alpha value is -1.54. The number of nitrogens with one attached hydrogen (secondary N) is 1. The van der Waals surface area contributed by atoms with E-state index in [9.17, 15) is 13.6 Å². The van der Waals surface area contributed by atoms with E-state index in [1.807, 2.05) is 24.3 Å². The molecule has 0 fully saturated rings. The molecule has 0 heterocycles. The van der Waals surface area contributed by atoms with Crippen molar-refractivity contribution in [3.8, 4) is 0 Å². The van der Waals surface area contributed by atoms with Gasteiger partial charge >= 0.3 is 0 Å². The molecule has 3 nitrogen and oxygen atoms in total. The van der Waals surface area contributed by atoms with Crippen molar-refractivity contribution in [2.45, 2.75) is 6.54 Å². The van der Waals surface area contributed by atoms with Crippen LogP contribution in [0.3, 0.4) is 0 Å². The average molecular weight is 416 g/mol. The summed E-state index contributed by atoms with van der Waals surface area (Å²) < 4.78 is 27.5. The largest absolute Gasteiger partial charge is 0.325 e. The Balaban J connectivity index is 1.89. The molecule has 0 spiro atoms. The topological polar surface area (TPSA) is 32.3 Å². The molecule has 6 heteroatoms. The van der Waals surface area contributed by atoms with Crippen molar-refractivity contribution in [1.82, 2.24) is 4.90 Å². The lowest BCUT2D eigenvalue weighted by atomic mass is 10.2. The highest BCUT2D eigenvalue weighted by Gasteiger charge is 2.10. The van der Waals surface area contributed by atoms with Crippen LogP contribution in [0, 0.1) is 15.2 Å². The number of likely N-dealkylation sites (N-methyl/N-ethyl adjacent to an activating group) is 1. The summed E-state index contributed by atoms with van der Waals surface area (Å²) >= 11 is 2.18. The van der Waals surface area contributed by atoms with E-state index in [1.54, 1.807) is 11.9 Å². The number of anilines is 1. The van der Waals surface area contributed by atoms with Crippen molar-refractivity contribution in [2.24, 2.45) is 0 Å². The third kappa shape index (κ3) is 5.03. The van der Waals surface area contributed by atoms with Gasteiger partial charge in [0.1, 0.15) is 11.6 Å². The van der Waals surface area contributed by atoms with E-state index in [0.29, 0.717) is 11.3 Å². The molecule has 2 rings (SSSR count). The first-order valence-electron chi connectivity index (χ1n) is 6.62. The van der Waals surface area contributed by atoms with Gasteiger partial charge in [0.15, 0.2) is 0 Å². The second-order valence-electron chi connectivity index (χ2n) is 4.96. The van der Waals surface area contributed by atoms with Gasteiger partial charge in [0, 0.05) is 27.4 Å². The number of benzene rings is 2. The molecule has 116 valence electrons. The average Bonchev–Trinajstić information content (AvgIpc) is 2.44. The molecule has 0 atom stereocenters. The summed E-state index contributed by atoms with van der Waals surface area (Å²) in [4.78, 5) is 13.6. The van der Waals surface area contributed by atoms with Gasteiger partial charge in [-0.1, -0.05) is 6.07 Å². The van der Waals surface area contributed by atoms with Gasteiger partial charge in [-0.05, 0) is 60.0 Å². The molecular weight excluding hydrogens is 401 g/mol. The van der Waals surface area contributed by atoms with Crippen LogP contribution in [-0.4, -0.2) is 24.4 Å². The van der Waals surface area contributed by atoms with Crippen LogP contribution >= 0.6 is 22.6 Å². The van der Waals surface area contributed by atoms with Crippen molar-refractivity contribution < 1.29 is 13.6 Å². The smallest absolute Gasteiger partial charge is 0.238 e. The number of hydrogen-bond donors (Lipinski definition) is 1. The molecule has 1 amide bonds. The lowest BCUT2D eigenvalue weighted by molar-refractivity contribution is -0.117. The zero-order valence-electron chi connectivity index (χ0n) is 11.9. The minimum atomic E-state index is -0.611. The van der Waals surface area contributed by atoms with Gasteiger partial charge < -0.3 is 5.32 Å². The Kier molecular flexibility index (Phi) is 5.84. The standard InChI is InChI=1S/C16H15F2IN2O/c1-21(9-11-2-3-12(17)8-15(11)18)10-16(22)20-14-6-4-13(19)5-7-14/h2-8H,9-10H2,1H3,(H,20,22). The van der Waals surface area contributed by atoms with E-state index < -0.39 is 11.6 Å². The van der Waals surface area contributed by atoms with Crippen molar-refractivity contribution in [1.29, 1.82) is 0 Å². The van der Waals surface area contributed by atoms with Gasteiger partial charge in [-0.15, -0.1) is 0 Å². The maximum Gasteiger partial charge on any atom is 0.238 e. The van der Waals surface area contributed by atoms with Gasteiger partial charge in [-0.2, -0.15) is 0 Å². The number of hydrogen-bond acceptors (Lipinski definition) is 2. The van der Waals surface area contributed by atoms with Crippen molar-refractivity contribution in [2.75, 3.05) is 18.9 Å². The molecule has 0 bridgehead atoms. The van der Waals surface area contributed by atoms with Gasteiger partial charge in [0.05, 0.1) is 6.54 Å². The summed E-state index contributed by atoms with van der Waals surface area (Å²) in [6.45, 7) is 0.342. The number of carbonyl (C=O) groups excluding carboxylic acids is 1. The lowest BCUT2D eigenvalue weighted by Crippen LogP contribution is -2.30. The predicted molar refractivity (Wildman–Crippen MR) is 90.5 cm³/mol. The quantitative estimate of drug-likeness (QED) is 0.756. The first-order chi connectivity index (χ1) is 10.4. The van der Waals surface area contributed by atoms with Gasteiger partial charge in [0.2, 0.25) is 5.91 Å². The molecular formula is C16H15F2IN2O. The highest BCUT2D eigenvalue weighted by atomic mass is 127. The molecule has 22 heavy (non-hydrogen) atoms. The van der Waals surface area contributed by atoms with Crippen molar-refractivity contribution in [3.63, 3.8) is 0 Å². The lowest BCUT2D eigenvalue weighted by Gasteiger charge is -2.17. The molecule has 0 aromatic heterocycles. The first kappa shape index (κ1) is 16.8. The van der Waals surface area contributed by atoms with Crippen LogP contribution in [-0.2, 0) is 11.3 Å². The second-order valence-corrected chi connectivity index (χ2v) is 6.21. The molecule has 0 saturated carbocycles. The van der Waals surface area contributed by atoms with Crippen LogP contribution in [0.2, 0.25) is 0 Å². The van der Waals surface area contributed by atoms with Crippen LogP contribution in [0.5, 0.6) is 0 Å². The highest BCUT2D eigenvalue weighted by molar-refractivity contribution is 14.1. The van der Waals surface area contributed by atoms with Crippen molar-refractivity contribution in [3.05, 3.63) is 63.2 Å². The van der Waals surface area contributed by atoms with Crippen LogP contribution in [0.15, 0.2) is 42.5 Å². The summed E-state index contributed by atoms with van der Waals surface area (Å²) in [5.74, 6) is -1.41. The van der Waals surface area contributed by atoms with Crippen LogP contribution in [0.25, 0.3) is 0 Å². The molecule has 0 unspecified atom stereocenters. The predicted octanol–water partition coefficient (Wildman–Crippen LogP) is 3.64. The summed E-state index contributed by atoms with van der Waals surface area (Å²) in [5, 5.41) is 2.77. The maximum atomic E-state index is 13.6. The fourth-order valence-corrected chi connectivity index (χ4v) is 2.34. The molecule has 0 aliphatic rings. The number of amides is 1. The number of rotatable bonds is 5. The first-order valence-corrected chi connectivity index (χ1v) is 7.70. The summed E-state index contributed by atoms with van der Waals surface area (Å²) in [7, 11) is 1.70. The monoisotopic (exact) mass is 416 g/mol. The van der Waals surface area contributed by atoms with Crippen LogP contribution in [0.1, 0.15) is 5.56 Å². The van der Waals surface area contributed by atoms with Gasteiger partial charge in [-0.3, -0.25) is 9.69 Å². The zero-order valence-corrected chi connectivity index (χ0v) is 14.1. The fourth-order valence-electron chi connectivity index (χ4n) is 1.98. The van der Waals surface area contributed by atoms with Gasteiger partial charge in [-0.25, -0.2) is 8.78 Å². The Morgan fingerprint density at radius 1 is 1.18 bits per heavy atom. The van der Waals surface area contributed by atoms with E-state index in [2.05, 4.69) is 27.9 Å². The van der Waals surface area contributed by atoms with Gasteiger partial charge in [0.25, 0.3) is 0 Å².